The van der Waals surface area contributed by atoms with E-state index in [1.54, 1.807) is 12.1 Å². The molecule has 0 spiro atoms. The van der Waals surface area contributed by atoms with Gasteiger partial charge in [0.2, 0.25) is 5.89 Å². The van der Waals surface area contributed by atoms with E-state index in [0.717, 1.165) is 4.88 Å². The highest BCUT2D eigenvalue weighted by molar-refractivity contribution is 7.89. The summed E-state index contributed by atoms with van der Waals surface area (Å²) >= 11 is 1.48. The van der Waals surface area contributed by atoms with Gasteiger partial charge in [-0.1, -0.05) is 24.3 Å². The summed E-state index contributed by atoms with van der Waals surface area (Å²) in [5, 5.41) is 13.2. The molecule has 8 nitrogen and oxygen atoms in total. The van der Waals surface area contributed by atoms with Crippen LogP contribution in [0.15, 0.2) is 58.5 Å². The molecule has 0 unspecified atom stereocenters. The van der Waals surface area contributed by atoms with Gasteiger partial charge in [0.15, 0.2) is 15.7 Å². The molecule has 0 saturated carbocycles. The number of rotatable bonds is 6. The number of aromatic nitrogens is 5. The van der Waals surface area contributed by atoms with Crippen molar-refractivity contribution in [2.45, 2.75) is 11.5 Å². The summed E-state index contributed by atoms with van der Waals surface area (Å²) in [5.74, 6) is 0.122. The highest BCUT2D eigenvalue weighted by Gasteiger charge is 2.21. The van der Waals surface area contributed by atoms with E-state index in [0.29, 0.717) is 17.3 Å². The van der Waals surface area contributed by atoms with Crippen molar-refractivity contribution in [3.8, 4) is 16.5 Å². The van der Waals surface area contributed by atoms with Crippen molar-refractivity contribution in [2.75, 3.05) is 0 Å². The SMILES string of the molecule is O=S(=O)(Cc1coc(-c2cccs2)n1)Cc1nnnn1-c1ccccc1. The molecular weight excluding hydrogens is 374 g/mol. The predicted octanol–water partition coefficient (Wildman–Crippen LogP) is 2.49. The Morgan fingerprint density at radius 3 is 2.69 bits per heavy atom. The van der Waals surface area contributed by atoms with Gasteiger partial charge in [0.25, 0.3) is 0 Å². The molecule has 132 valence electrons. The van der Waals surface area contributed by atoms with Gasteiger partial charge >= 0.3 is 0 Å². The third-order valence-corrected chi connectivity index (χ3v) is 5.83. The van der Waals surface area contributed by atoms with Crippen LogP contribution in [0.2, 0.25) is 0 Å². The van der Waals surface area contributed by atoms with E-state index in [1.807, 2.05) is 35.7 Å². The van der Waals surface area contributed by atoms with Gasteiger partial charge in [-0.2, -0.15) is 4.68 Å². The van der Waals surface area contributed by atoms with Gasteiger partial charge in [-0.05, 0) is 34.0 Å². The summed E-state index contributed by atoms with van der Waals surface area (Å²) in [6.07, 6.45) is 1.37. The average Bonchev–Trinajstić information content (AvgIpc) is 3.36. The van der Waals surface area contributed by atoms with Crippen LogP contribution in [0.25, 0.3) is 16.5 Å². The van der Waals surface area contributed by atoms with Crippen LogP contribution < -0.4 is 0 Å². The number of sulfone groups is 1. The van der Waals surface area contributed by atoms with Crippen molar-refractivity contribution < 1.29 is 12.8 Å². The Bertz CT molecular complexity index is 1100. The molecule has 1 aromatic carbocycles. The maximum absolute atomic E-state index is 12.6. The van der Waals surface area contributed by atoms with Gasteiger partial charge < -0.3 is 4.42 Å². The summed E-state index contributed by atoms with van der Waals surface area (Å²) in [4.78, 5) is 5.10. The molecule has 3 heterocycles. The van der Waals surface area contributed by atoms with E-state index < -0.39 is 9.84 Å². The predicted molar refractivity (Wildman–Crippen MR) is 95.3 cm³/mol. The molecule has 10 heteroatoms. The van der Waals surface area contributed by atoms with Crippen molar-refractivity contribution in [1.82, 2.24) is 25.2 Å². The molecule has 0 aliphatic rings. The zero-order valence-corrected chi connectivity index (χ0v) is 15.0. The van der Waals surface area contributed by atoms with Gasteiger partial charge in [0.05, 0.1) is 22.0 Å². The topological polar surface area (TPSA) is 104 Å². The van der Waals surface area contributed by atoms with Gasteiger partial charge in [-0.15, -0.1) is 16.4 Å². The summed E-state index contributed by atoms with van der Waals surface area (Å²) in [7, 11) is -3.53. The minimum atomic E-state index is -3.53. The fourth-order valence-corrected chi connectivity index (χ4v) is 4.34. The molecular formula is C16H13N5O3S2. The Balaban J connectivity index is 1.53. The van der Waals surface area contributed by atoms with Gasteiger partial charge in [-0.3, -0.25) is 0 Å². The van der Waals surface area contributed by atoms with Crippen LogP contribution in [0.1, 0.15) is 11.5 Å². The van der Waals surface area contributed by atoms with E-state index in [9.17, 15) is 8.42 Å². The van der Waals surface area contributed by atoms with Crippen LogP contribution in [0.4, 0.5) is 0 Å². The smallest absolute Gasteiger partial charge is 0.236 e. The van der Waals surface area contributed by atoms with Gasteiger partial charge in [0, 0.05) is 0 Å². The van der Waals surface area contributed by atoms with Gasteiger partial charge in [-0.25, -0.2) is 13.4 Å². The number of hydrogen-bond donors (Lipinski definition) is 0. The first-order valence-electron chi connectivity index (χ1n) is 7.62. The normalized spacial score (nSPS) is 11.7. The largest absolute Gasteiger partial charge is 0.444 e. The molecule has 0 saturated heterocycles. The maximum atomic E-state index is 12.6. The van der Waals surface area contributed by atoms with Crippen LogP contribution >= 0.6 is 11.3 Å². The fraction of sp³-hybridized carbons (Fsp3) is 0.125. The second-order valence-corrected chi connectivity index (χ2v) is 8.51. The standard InChI is InChI=1S/C16H13N5O3S2/c22-26(23,10-12-9-24-16(17-12)14-7-4-8-25-14)11-15-18-19-20-21(15)13-5-2-1-3-6-13/h1-9H,10-11H2. The van der Waals surface area contributed by atoms with Crippen molar-refractivity contribution in [2.24, 2.45) is 0 Å². The van der Waals surface area contributed by atoms with Crippen LogP contribution in [-0.2, 0) is 21.3 Å². The molecule has 0 fully saturated rings. The summed E-state index contributed by atoms with van der Waals surface area (Å²) in [6, 6.07) is 12.9. The molecule has 0 amide bonds. The van der Waals surface area contributed by atoms with E-state index in [-0.39, 0.29) is 17.3 Å². The average molecular weight is 387 g/mol. The number of hydrogen-bond acceptors (Lipinski definition) is 8. The number of para-hydroxylation sites is 1. The Labute approximate surface area is 153 Å². The fourth-order valence-electron chi connectivity index (χ4n) is 2.43. The van der Waals surface area contributed by atoms with E-state index in [4.69, 9.17) is 4.42 Å². The molecule has 0 aliphatic heterocycles. The van der Waals surface area contributed by atoms with Crippen LogP contribution in [0, 0.1) is 0 Å². The minimum absolute atomic E-state index is 0.247. The van der Waals surface area contributed by atoms with Gasteiger partial charge in [0.1, 0.15) is 12.0 Å². The Kier molecular flexibility index (Phi) is 4.35. The lowest BCUT2D eigenvalue weighted by Crippen LogP contribution is -2.13. The zero-order valence-electron chi connectivity index (χ0n) is 13.4. The van der Waals surface area contributed by atoms with E-state index in [1.165, 1.54) is 22.3 Å². The second kappa shape index (κ2) is 6.81. The van der Waals surface area contributed by atoms with Crippen molar-refractivity contribution >= 4 is 21.2 Å². The lowest BCUT2D eigenvalue weighted by Gasteiger charge is -2.04. The molecule has 0 bridgehead atoms. The number of nitrogens with zero attached hydrogens (tertiary/aromatic N) is 5. The quantitative estimate of drug-likeness (QED) is 0.500. The number of thiophene rings is 1. The molecule has 4 rings (SSSR count). The first kappa shape index (κ1) is 16.6. The first-order valence-corrected chi connectivity index (χ1v) is 10.3. The van der Waals surface area contributed by atoms with E-state index >= 15 is 0 Å². The Morgan fingerprint density at radius 2 is 1.92 bits per heavy atom. The number of oxazole rings is 1. The first-order chi connectivity index (χ1) is 12.6. The molecule has 3 aromatic heterocycles. The summed E-state index contributed by atoms with van der Waals surface area (Å²) in [6.45, 7) is 0. The van der Waals surface area contributed by atoms with E-state index in [2.05, 4.69) is 20.5 Å². The Hall–Kier alpha value is -2.85. The minimum Gasteiger partial charge on any atom is -0.444 e. The lowest BCUT2D eigenvalue weighted by molar-refractivity contribution is 0.573. The second-order valence-electron chi connectivity index (χ2n) is 5.50. The van der Waals surface area contributed by atoms with Crippen LogP contribution in [-0.4, -0.2) is 33.6 Å². The summed E-state index contributed by atoms with van der Waals surface area (Å²) < 4.78 is 31.9. The molecule has 0 N–H and O–H groups in total. The molecule has 4 aromatic rings. The highest BCUT2D eigenvalue weighted by atomic mass is 32.2. The highest BCUT2D eigenvalue weighted by Crippen LogP contribution is 2.24. The number of tetrazole rings is 1. The van der Waals surface area contributed by atoms with Crippen LogP contribution in [0.3, 0.4) is 0 Å². The maximum Gasteiger partial charge on any atom is 0.236 e. The Morgan fingerprint density at radius 1 is 1.08 bits per heavy atom. The lowest BCUT2D eigenvalue weighted by atomic mass is 10.3. The molecule has 0 atom stereocenters. The van der Waals surface area contributed by atoms with Crippen molar-refractivity contribution in [3.63, 3.8) is 0 Å². The monoisotopic (exact) mass is 387 g/mol. The molecule has 0 radical (unpaired) electrons. The zero-order chi connectivity index (χ0) is 18.0. The van der Waals surface area contributed by atoms with Crippen LogP contribution in [0.5, 0.6) is 0 Å². The van der Waals surface area contributed by atoms with Crippen molar-refractivity contribution in [3.05, 3.63) is 65.6 Å². The summed E-state index contributed by atoms with van der Waals surface area (Å²) in [5.41, 5.74) is 1.05. The molecule has 26 heavy (non-hydrogen) atoms. The third-order valence-electron chi connectivity index (χ3n) is 3.54. The number of benzene rings is 1. The van der Waals surface area contributed by atoms with Crippen molar-refractivity contribution in [1.29, 1.82) is 0 Å². The third kappa shape index (κ3) is 3.55. The molecule has 0 aliphatic carbocycles.